The van der Waals surface area contributed by atoms with Gasteiger partial charge in [0, 0.05) is 35.9 Å². The zero-order valence-electron chi connectivity index (χ0n) is 13.7. The molecule has 132 valence electrons. The van der Waals surface area contributed by atoms with Crippen LogP contribution in [0.1, 0.15) is 15.9 Å². The van der Waals surface area contributed by atoms with Gasteiger partial charge in [0.2, 0.25) is 0 Å². The lowest BCUT2D eigenvalue weighted by atomic mass is 10.1. The SMILES string of the molecule is O=C(NN1C(=O)/C(=C/c2cccc3nccnc23)SC1=S)c1ccncc1. The molecule has 0 bridgehead atoms. The van der Waals surface area contributed by atoms with E-state index in [-0.39, 0.29) is 4.32 Å². The molecule has 3 heterocycles. The van der Waals surface area contributed by atoms with E-state index in [1.807, 2.05) is 18.2 Å². The van der Waals surface area contributed by atoms with Crippen LogP contribution in [-0.2, 0) is 4.79 Å². The van der Waals surface area contributed by atoms with Gasteiger partial charge in [0.1, 0.15) is 0 Å². The van der Waals surface area contributed by atoms with Crippen molar-refractivity contribution >= 4 is 57.2 Å². The van der Waals surface area contributed by atoms with Crippen molar-refractivity contribution in [3.8, 4) is 0 Å². The van der Waals surface area contributed by atoms with Gasteiger partial charge < -0.3 is 0 Å². The van der Waals surface area contributed by atoms with E-state index in [1.54, 1.807) is 30.6 Å². The number of para-hydroxylation sites is 1. The molecule has 0 saturated carbocycles. The third-order valence-electron chi connectivity index (χ3n) is 3.77. The summed E-state index contributed by atoms with van der Waals surface area (Å²) in [4.78, 5) is 37.8. The molecule has 1 aliphatic rings. The molecular weight excluding hydrogens is 382 g/mol. The fourth-order valence-corrected chi connectivity index (χ4v) is 3.68. The molecule has 0 unspecified atom stereocenters. The minimum atomic E-state index is -0.439. The number of nitrogens with one attached hydrogen (secondary N) is 1. The van der Waals surface area contributed by atoms with Crippen molar-refractivity contribution in [2.45, 2.75) is 0 Å². The van der Waals surface area contributed by atoms with Crippen molar-refractivity contribution in [3.63, 3.8) is 0 Å². The molecule has 2 amide bonds. The van der Waals surface area contributed by atoms with Crippen LogP contribution in [0.3, 0.4) is 0 Å². The highest BCUT2D eigenvalue weighted by Crippen LogP contribution is 2.32. The molecule has 9 heteroatoms. The summed E-state index contributed by atoms with van der Waals surface area (Å²) < 4.78 is 0.250. The number of carbonyl (C=O) groups excluding carboxylic acids is 2. The normalized spacial score (nSPS) is 15.6. The number of thioether (sulfide) groups is 1. The Bertz CT molecular complexity index is 1100. The first-order valence-corrected chi connectivity index (χ1v) is 9.04. The highest BCUT2D eigenvalue weighted by Gasteiger charge is 2.33. The maximum absolute atomic E-state index is 12.7. The van der Waals surface area contributed by atoms with Gasteiger partial charge in [-0.3, -0.25) is 30.0 Å². The molecule has 0 radical (unpaired) electrons. The minimum absolute atomic E-state index is 0.250. The molecule has 0 aliphatic carbocycles. The Balaban J connectivity index is 1.61. The second kappa shape index (κ2) is 7.22. The van der Waals surface area contributed by atoms with Crippen LogP contribution in [0.4, 0.5) is 0 Å². The van der Waals surface area contributed by atoms with E-state index in [4.69, 9.17) is 12.2 Å². The van der Waals surface area contributed by atoms with E-state index in [1.165, 1.54) is 12.4 Å². The summed E-state index contributed by atoms with van der Waals surface area (Å²) >= 11 is 6.36. The third kappa shape index (κ3) is 3.42. The first kappa shape index (κ1) is 17.3. The molecule has 1 N–H and O–H groups in total. The number of hydrogen-bond acceptors (Lipinski definition) is 7. The molecular formula is C18H11N5O2S2. The number of benzene rings is 1. The van der Waals surface area contributed by atoms with Crippen molar-refractivity contribution < 1.29 is 9.59 Å². The second-order valence-corrected chi connectivity index (χ2v) is 7.14. The van der Waals surface area contributed by atoms with Crippen LogP contribution in [0.5, 0.6) is 0 Å². The van der Waals surface area contributed by atoms with E-state index in [2.05, 4.69) is 20.4 Å². The van der Waals surface area contributed by atoms with Gasteiger partial charge >= 0.3 is 0 Å². The fraction of sp³-hybridized carbons (Fsp3) is 0. The number of amides is 2. The average Bonchev–Trinajstić information content (AvgIpc) is 2.96. The maximum atomic E-state index is 12.7. The topological polar surface area (TPSA) is 88.1 Å². The Labute approximate surface area is 163 Å². The zero-order valence-corrected chi connectivity index (χ0v) is 15.3. The molecule has 1 saturated heterocycles. The van der Waals surface area contributed by atoms with Crippen LogP contribution < -0.4 is 5.43 Å². The summed E-state index contributed by atoms with van der Waals surface area (Å²) in [5.41, 5.74) is 5.08. The molecule has 1 fully saturated rings. The van der Waals surface area contributed by atoms with E-state index in [0.29, 0.717) is 16.0 Å². The Morgan fingerprint density at radius 3 is 2.70 bits per heavy atom. The second-order valence-electron chi connectivity index (χ2n) is 5.47. The molecule has 4 rings (SSSR count). The van der Waals surface area contributed by atoms with Gasteiger partial charge in [0.25, 0.3) is 11.8 Å². The highest BCUT2D eigenvalue weighted by atomic mass is 32.2. The minimum Gasteiger partial charge on any atom is -0.267 e. The summed E-state index contributed by atoms with van der Waals surface area (Å²) in [6.45, 7) is 0. The maximum Gasteiger partial charge on any atom is 0.285 e. The fourth-order valence-electron chi connectivity index (χ4n) is 2.51. The van der Waals surface area contributed by atoms with E-state index in [0.717, 1.165) is 27.9 Å². The number of thiocarbonyl (C=S) groups is 1. The van der Waals surface area contributed by atoms with Crippen molar-refractivity contribution in [3.05, 3.63) is 71.2 Å². The van der Waals surface area contributed by atoms with E-state index < -0.39 is 11.8 Å². The third-order valence-corrected chi connectivity index (χ3v) is 5.07. The van der Waals surface area contributed by atoms with Gasteiger partial charge in [-0.1, -0.05) is 23.9 Å². The lowest BCUT2D eigenvalue weighted by Gasteiger charge is -2.15. The Hall–Kier alpha value is -3.17. The number of pyridine rings is 1. The number of rotatable bonds is 3. The van der Waals surface area contributed by atoms with Gasteiger partial charge in [-0.15, -0.1) is 0 Å². The monoisotopic (exact) mass is 393 g/mol. The van der Waals surface area contributed by atoms with Gasteiger partial charge in [0.15, 0.2) is 4.32 Å². The molecule has 7 nitrogen and oxygen atoms in total. The quantitative estimate of drug-likeness (QED) is 0.540. The van der Waals surface area contributed by atoms with Crippen LogP contribution in [0.2, 0.25) is 0 Å². The van der Waals surface area contributed by atoms with E-state index in [9.17, 15) is 9.59 Å². The summed E-state index contributed by atoms with van der Waals surface area (Å²) in [6.07, 6.45) is 7.91. The highest BCUT2D eigenvalue weighted by molar-refractivity contribution is 8.26. The Morgan fingerprint density at radius 2 is 1.89 bits per heavy atom. The number of aromatic nitrogens is 3. The van der Waals surface area contributed by atoms with Crippen LogP contribution in [0.25, 0.3) is 17.1 Å². The molecule has 27 heavy (non-hydrogen) atoms. The number of hydrogen-bond donors (Lipinski definition) is 1. The number of carbonyl (C=O) groups is 2. The van der Waals surface area contributed by atoms with Crippen molar-refractivity contribution in [1.82, 2.24) is 25.4 Å². The van der Waals surface area contributed by atoms with Gasteiger partial charge in [0.05, 0.1) is 15.9 Å². The summed E-state index contributed by atoms with van der Waals surface area (Å²) in [5.74, 6) is -0.834. The van der Waals surface area contributed by atoms with Crippen LogP contribution in [0, 0.1) is 0 Å². The number of fused-ring (bicyclic) bond motifs is 1. The molecule has 1 aliphatic heterocycles. The molecule has 2 aromatic heterocycles. The molecule has 0 spiro atoms. The first-order valence-electron chi connectivity index (χ1n) is 7.82. The van der Waals surface area contributed by atoms with Crippen LogP contribution in [-0.4, -0.2) is 36.1 Å². The predicted molar refractivity (Wildman–Crippen MR) is 106 cm³/mol. The van der Waals surface area contributed by atoms with Gasteiger partial charge in [-0.25, -0.2) is 0 Å². The molecule has 1 aromatic carbocycles. The molecule has 3 aromatic rings. The summed E-state index contributed by atoms with van der Waals surface area (Å²) in [6, 6.07) is 8.64. The van der Waals surface area contributed by atoms with Gasteiger partial charge in [-0.2, -0.15) is 5.01 Å². The predicted octanol–water partition coefficient (Wildman–Crippen LogP) is 2.57. The number of hydrazine groups is 1. The average molecular weight is 393 g/mol. The first-order chi connectivity index (χ1) is 13.1. The zero-order chi connectivity index (χ0) is 18.8. The van der Waals surface area contributed by atoms with Crippen molar-refractivity contribution in [2.75, 3.05) is 0 Å². The van der Waals surface area contributed by atoms with Gasteiger partial charge in [-0.05, 0) is 36.5 Å². The van der Waals surface area contributed by atoms with Crippen LogP contribution >= 0.6 is 24.0 Å². The van der Waals surface area contributed by atoms with Crippen molar-refractivity contribution in [2.24, 2.45) is 0 Å². The number of nitrogens with zero attached hydrogens (tertiary/aromatic N) is 4. The summed E-state index contributed by atoms with van der Waals surface area (Å²) in [7, 11) is 0. The lowest BCUT2D eigenvalue weighted by molar-refractivity contribution is -0.123. The Morgan fingerprint density at radius 1 is 1.11 bits per heavy atom. The largest absolute Gasteiger partial charge is 0.285 e. The van der Waals surface area contributed by atoms with Crippen LogP contribution in [0.15, 0.2) is 60.0 Å². The smallest absolute Gasteiger partial charge is 0.267 e. The lowest BCUT2D eigenvalue weighted by Crippen LogP contribution is -2.44. The van der Waals surface area contributed by atoms with Crippen molar-refractivity contribution in [1.29, 1.82) is 0 Å². The standard InChI is InChI=1S/C18H11N5O2S2/c24-16(11-4-6-19-7-5-11)22-23-17(25)14(27-18(23)26)10-12-2-1-3-13-15(12)21-9-8-20-13/h1-10H,(H,22,24)/b14-10-. The summed E-state index contributed by atoms with van der Waals surface area (Å²) in [5, 5.41) is 1.07. The molecule has 0 atom stereocenters. The Kier molecular flexibility index (Phi) is 4.61. The van der Waals surface area contributed by atoms with E-state index >= 15 is 0 Å².